The van der Waals surface area contributed by atoms with E-state index in [0.717, 1.165) is 35.5 Å². The van der Waals surface area contributed by atoms with Crippen molar-refractivity contribution in [2.75, 3.05) is 5.32 Å². The topological polar surface area (TPSA) is 99.5 Å². The van der Waals surface area contributed by atoms with Crippen LogP contribution in [0.1, 0.15) is 47.6 Å². The Kier molecular flexibility index (Phi) is 3.26. The Labute approximate surface area is 168 Å². The third-order valence-corrected chi connectivity index (χ3v) is 6.05. The molecule has 1 fully saturated rings. The minimum absolute atomic E-state index is 0.0492. The van der Waals surface area contributed by atoms with Gasteiger partial charge in [-0.05, 0) is 25.0 Å². The average molecular weight is 404 g/mol. The number of aromatic amines is 1. The normalized spacial score (nSPS) is 18.7. The Bertz CT molecular complexity index is 1510. The molecule has 0 spiro atoms. The lowest BCUT2D eigenvalue weighted by molar-refractivity contribution is 0.0695. The van der Waals surface area contributed by atoms with Crippen LogP contribution in [0.15, 0.2) is 34.2 Å². The van der Waals surface area contributed by atoms with Crippen LogP contribution < -0.4 is 21.6 Å². The molecule has 1 saturated carbocycles. The maximum atomic E-state index is 15.1. The largest absolute Gasteiger partial charge is 0.477 e. The summed E-state index contributed by atoms with van der Waals surface area (Å²) >= 11 is 0. The molecule has 7 nitrogen and oxygen atoms in total. The third kappa shape index (κ3) is 2.21. The van der Waals surface area contributed by atoms with Crippen molar-refractivity contribution in [3.05, 3.63) is 62.4 Å². The van der Waals surface area contributed by atoms with Crippen molar-refractivity contribution in [1.82, 2.24) is 9.55 Å². The number of aromatic nitrogens is 2. The molecule has 6 rings (SSSR count). The van der Waals surface area contributed by atoms with Crippen molar-refractivity contribution in [2.24, 2.45) is 4.99 Å². The number of carbonyl (C=O) groups is 1. The minimum Gasteiger partial charge on any atom is -0.477 e. The second-order valence-corrected chi connectivity index (χ2v) is 8.05. The van der Waals surface area contributed by atoms with Crippen molar-refractivity contribution in [3.8, 4) is 0 Å². The van der Waals surface area contributed by atoms with Crippen LogP contribution >= 0.6 is 0 Å². The molecule has 1 unspecified atom stereocenters. The number of hydrogen-bond acceptors (Lipinski definition) is 4. The van der Waals surface area contributed by atoms with Crippen molar-refractivity contribution >= 4 is 40.0 Å². The van der Waals surface area contributed by atoms with E-state index in [0.29, 0.717) is 16.7 Å². The number of pyridine rings is 1. The van der Waals surface area contributed by atoms with Crippen LogP contribution in [0.3, 0.4) is 0 Å². The molecule has 0 bridgehead atoms. The van der Waals surface area contributed by atoms with Gasteiger partial charge in [0.25, 0.3) is 0 Å². The van der Waals surface area contributed by atoms with E-state index in [1.165, 1.54) is 6.20 Å². The highest BCUT2D eigenvalue weighted by molar-refractivity contribution is 6.02. The summed E-state index contributed by atoms with van der Waals surface area (Å²) < 4.78 is 16.8. The standard InChI is InChI=1S/C22H17FN4O3/c1-9-3-2-4-14-15(9)17-21(24-14)26-16-13(23)7-11-19(18(16)25-17)27(10-5-6-10)8-12(20(11)28)22(29)30/h2-4,7-10,25H,5-6H2,1H3,(H,24,26)(H,29,30). The summed E-state index contributed by atoms with van der Waals surface area (Å²) in [4.78, 5) is 32.2. The van der Waals surface area contributed by atoms with Gasteiger partial charge in [-0.2, -0.15) is 0 Å². The lowest BCUT2D eigenvalue weighted by Crippen LogP contribution is -2.21. The van der Waals surface area contributed by atoms with Gasteiger partial charge in [0.15, 0.2) is 11.3 Å². The Hall–Kier alpha value is -3.68. The van der Waals surface area contributed by atoms with Crippen LogP contribution in [-0.2, 0) is 0 Å². The smallest absolute Gasteiger partial charge is 0.341 e. The van der Waals surface area contributed by atoms with Crippen LogP contribution in [0.4, 0.5) is 21.5 Å². The number of H-pyrrole nitrogens is 1. The summed E-state index contributed by atoms with van der Waals surface area (Å²) in [5.74, 6) is -1.84. The molecule has 1 aliphatic heterocycles. The minimum atomic E-state index is -1.31. The molecule has 3 heterocycles. The van der Waals surface area contributed by atoms with E-state index in [-0.39, 0.29) is 28.6 Å². The highest BCUT2D eigenvalue weighted by Gasteiger charge is 2.31. The number of fused-ring (bicyclic) bond motifs is 6. The lowest BCUT2D eigenvalue weighted by atomic mass is 9.97. The van der Waals surface area contributed by atoms with Gasteiger partial charge < -0.3 is 20.0 Å². The van der Waals surface area contributed by atoms with Gasteiger partial charge in [-0.15, -0.1) is 0 Å². The van der Waals surface area contributed by atoms with Crippen LogP contribution in [0.25, 0.3) is 17.0 Å². The summed E-state index contributed by atoms with van der Waals surface area (Å²) in [6.07, 6.45) is 9.12. The molecule has 3 aromatic rings. The zero-order chi connectivity index (χ0) is 20.7. The van der Waals surface area contributed by atoms with Gasteiger partial charge in [0, 0.05) is 29.1 Å². The average Bonchev–Trinajstić information content (AvgIpc) is 3.48. The molecule has 1 aromatic carbocycles. The molecule has 3 N–H and O–H groups in total. The zero-order valence-corrected chi connectivity index (χ0v) is 16.0. The molecule has 0 saturated heterocycles. The highest BCUT2D eigenvalue weighted by Crippen LogP contribution is 2.44. The SMILES string of the molecule is CC1C=CC=c2[nH]c3c(c21)Nc1c(c(F)cc2c(=O)c(C(=O)O)cn(C4CC4)c12)N=3. The van der Waals surface area contributed by atoms with E-state index >= 15 is 4.39 Å². The number of benzene rings is 1. The van der Waals surface area contributed by atoms with E-state index in [1.807, 2.05) is 12.2 Å². The number of carboxylic acids is 1. The van der Waals surface area contributed by atoms with Gasteiger partial charge in [-0.3, -0.25) is 4.79 Å². The monoisotopic (exact) mass is 404 g/mol. The molecular formula is C22H17FN4O3. The van der Waals surface area contributed by atoms with Gasteiger partial charge in [0.1, 0.15) is 11.3 Å². The number of anilines is 2. The van der Waals surface area contributed by atoms with Gasteiger partial charge in [0.05, 0.1) is 22.3 Å². The second-order valence-electron chi connectivity index (χ2n) is 8.05. The van der Waals surface area contributed by atoms with Crippen LogP contribution in [0, 0.1) is 5.82 Å². The fourth-order valence-corrected chi connectivity index (χ4v) is 4.48. The molecule has 2 aliphatic carbocycles. The number of nitrogens with zero attached hydrogens (tertiary/aromatic N) is 2. The second kappa shape index (κ2) is 5.69. The first-order valence-corrected chi connectivity index (χ1v) is 9.85. The van der Waals surface area contributed by atoms with Gasteiger partial charge in [-0.25, -0.2) is 14.2 Å². The third-order valence-electron chi connectivity index (χ3n) is 6.05. The van der Waals surface area contributed by atoms with E-state index in [2.05, 4.69) is 28.3 Å². The van der Waals surface area contributed by atoms with Crippen LogP contribution in [0.2, 0.25) is 0 Å². The van der Waals surface area contributed by atoms with Crippen molar-refractivity contribution in [2.45, 2.75) is 31.7 Å². The molecule has 0 radical (unpaired) electrons. The number of carboxylic acid groups (broad SMARTS) is 1. The van der Waals surface area contributed by atoms with Gasteiger partial charge in [0.2, 0.25) is 5.43 Å². The molecule has 2 aromatic heterocycles. The molecule has 3 aliphatic rings. The fraction of sp³-hybridized carbons (Fsp3) is 0.227. The van der Waals surface area contributed by atoms with Gasteiger partial charge in [-0.1, -0.05) is 19.1 Å². The van der Waals surface area contributed by atoms with Gasteiger partial charge >= 0.3 is 5.97 Å². The summed E-state index contributed by atoms with van der Waals surface area (Å²) in [5, 5.41) is 13.8. The predicted molar refractivity (Wildman–Crippen MR) is 110 cm³/mol. The number of rotatable bonds is 2. The summed E-state index contributed by atoms with van der Waals surface area (Å²) in [7, 11) is 0. The lowest BCUT2D eigenvalue weighted by Gasteiger charge is -2.21. The van der Waals surface area contributed by atoms with E-state index in [4.69, 9.17) is 0 Å². The maximum Gasteiger partial charge on any atom is 0.341 e. The predicted octanol–water partition coefficient (Wildman–Crippen LogP) is 2.96. The summed E-state index contributed by atoms with van der Waals surface area (Å²) in [6, 6.07) is 1.19. The number of aromatic carboxylic acids is 1. The zero-order valence-electron chi connectivity index (χ0n) is 16.0. The summed E-state index contributed by atoms with van der Waals surface area (Å²) in [6.45, 7) is 2.07. The Morgan fingerprint density at radius 1 is 1.33 bits per heavy atom. The van der Waals surface area contributed by atoms with Crippen LogP contribution in [0.5, 0.6) is 0 Å². The Morgan fingerprint density at radius 2 is 2.13 bits per heavy atom. The molecule has 150 valence electrons. The first-order valence-electron chi connectivity index (χ1n) is 9.85. The molecule has 1 atom stereocenters. The molecular weight excluding hydrogens is 387 g/mol. The van der Waals surface area contributed by atoms with Crippen molar-refractivity contribution in [1.29, 1.82) is 0 Å². The number of hydrogen-bond donors (Lipinski definition) is 3. The Balaban J connectivity index is 1.72. The first kappa shape index (κ1) is 17.2. The van der Waals surface area contributed by atoms with E-state index in [9.17, 15) is 14.7 Å². The fourth-order valence-electron chi connectivity index (χ4n) is 4.48. The number of halogens is 1. The molecule has 8 heteroatoms. The quantitative estimate of drug-likeness (QED) is 0.478. The van der Waals surface area contributed by atoms with Crippen molar-refractivity contribution < 1.29 is 14.3 Å². The van der Waals surface area contributed by atoms with E-state index < -0.39 is 17.2 Å². The van der Waals surface area contributed by atoms with E-state index in [1.54, 1.807) is 4.57 Å². The maximum absolute atomic E-state index is 15.1. The summed E-state index contributed by atoms with van der Waals surface area (Å²) in [5.41, 5.74) is 2.31. The highest BCUT2D eigenvalue weighted by atomic mass is 19.1. The first-order chi connectivity index (χ1) is 14.4. The molecule has 30 heavy (non-hydrogen) atoms. The number of allylic oxidation sites excluding steroid dienone is 2. The van der Waals surface area contributed by atoms with Crippen LogP contribution in [-0.4, -0.2) is 20.6 Å². The van der Waals surface area contributed by atoms with Crippen molar-refractivity contribution in [3.63, 3.8) is 0 Å². The number of nitrogens with one attached hydrogen (secondary N) is 2. The molecule has 0 amide bonds. The Morgan fingerprint density at radius 3 is 2.87 bits per heavy atom.